The number of carbonyl (C=O) groups excluding carboxylic acids is 1. The molecule has 1 fully saturated rings. The number of fused-ring (bicyclic) bond motifs is 1. The molecule has 0 aliphatic carbocycles. The summed E-state index contributed by atoms with van der Waals surface area (Å²) in [6.07, 6.45) is 8.72. The molecule has 1 aliphatic rings. The highest BCUT2D eigenvalue weighted by Gasteiger charge is 2.32. The number of aromatic nitrogens is 2. The van der Waals surface area contributed by atoms with E-state index in [2.05, 4.69) is 17.2 Å². The second-order valence-electron chi connectivity index (χ2n) is 7.46. The number of nitrogens with zero attached hydrogens (tertiary/aromatic N) is 3. The number of unbranched alkanes of at least 4 members (excludes halogenated alkanes) is 4. The Kier molecular flexibility index (Phi) is 8.22. The van der Waals surface area contributed by atoms with Gasteiger partial charge < -0.3 is 10.4 Å². The van der Waals surface area contributed by atoms with Gasteiger partial charge in [-0.2, -0.15) is 0 Å². The van der Waals surface area contributed by atoms with Crippen LogP contribution in [0.4, 0.5) is 5.82 Å². The molecule has 0 spiro atoms. The highest BCUT2D eigenvalue weighted by molar-refractivity contribution is 8.26. The fourth-order valence-electron chi connectivity index (χ4n) is 3.45. The van der Waals surface area contributed by atoms with E-state index >= 15 is 0 Å². The highest BCUT2D eigenvalue weighted by Crippen LogP contribution is 2.33. The van der Waals surface area contributed by atoms with Crippen molar-refractivity contribution in [2.24, 2.45) is 0 Å². The molecule has 0 atom stereocenters. The van der Waals surface area contributed by atoms with E-state index < -0.39 is 0 Å². The normalized spacial score (nSPS) is 15.5. The lowest BCUT2D eigenvalue weighted by Gasteiger charge is -2.14. The quantitative estimate of drug-likeness (QED) is 0.318. The highest BCUT2D eigenvalue weighted by atomic mass is 32.2. The lowest BCUT2D eigenvalue weighted by Crippen LogP contribution is -2.29. The molecule has 0 radical (unpaired) electrons. The van der Waals surface area contributed by atoms with Crippen LogP contribution in [0.3, 0.4) is 0 Å². The molecule has 2 aromatic heterocycles. The van der Waals surface area contributed by atoms with Crippen molar-refractivity contribution in [3.05, 3.63) is 44.7 Å². The summed E-state index contributed by atoms with van der Waals surface area (Å²) in [5, 5.41) is 12.2. The maximum absolute atomic E-state index is 13.2. The summed E-state index contributed by atoms with van der Waals surface area (Å²) in [7, 11) is 0. The second-order valence-corrected chi connectivity index (χ2v) is 9.14. The van der Waals surface area contributed by atoms with E-state index in [4.69, 9.17) is 12.2 Å². The first-order valence-corrected chi connectivity index (χ1v) is 11.8. The predicted molar refractivity (Wildman–Crippen MR) is 130 cm³/mol. The van der Waals surface area contributed by atoms with Crippen molar-refractivity contribution in [2.45, 2.75) is 46.0 Å². The number of aliphatic hydroxyl groups excluding tert-OH is 1. The maximum atomic E-state index is 13.2. The standard InChI is InChI=1S/C22H28N4O3S2/c1-3-4-5-6-7-11-26-21(29)17(31-22(26)30)14-16-18(23-10-13-27)24-19-15(2)9-8-12-25(19)20(16)28/h8-9,12,14,23,27H,3-7,10-11,13H2,1-2H3/b17-14+. The number of rotatable bonds is 10. The SMILES string of the molecule is CCCCCCCN1C(=O)/C(=C\c2c(NCCO)nc3c(C)cccn3c2=O)SC1=S. The number of anilines is 1. The molecule has 0 bridgehead atoms. The van der Waals surface area contributed by atoms with Gasteiger partial charge >= 0.3 is 0 Å². The molecule has 0 aromatic carbocycles. The summed E-state index contributed by atoms with van der Waals surface area (Å²) in [6, 6.07) is 3.66. The number of aliphatic hydroxyl groups is 1. The van der Waals surface area contributed by atoms with Crippen molar-refractivity contribution in [3.63, 3.8) is 0 Å². The smallest absolute Gasteiger partial charge is 0.267 e. The third-order valence-electron chi connectivity index (χ3n) is 5.12. The van der Waals surface area contributed by atoms with Gasteiger partial charge in [0, 0.05) is 19.3 Å². The number of pyridine rings is 1. The number of amides is 1. The molecule has 7 nitrogen and oxygen atoms in total. The van der Waals surface area contributed by atoms with Gasteiger partial charge in [0.2, 0.25) is 0 Å². The van der Waals surface area contributed by atoms with Crippen molar-refractivity contribution in [2.75, 3.05) is 25.0 Å². The second kappa shape index (κ2) is 10.9. The van der Waals surface area contributed by atoms with Crippen LogP contribution in [0.15, 0.2) is 28.0 Å². The Balaban J connectivity index is 1.92. The Morgan fingerprint density at radius 3 is 2.77 bits per heavy atom. The number of thioether (sulfide) groups is 1. The van der Waals surface area contributed by atoms with Crippen LogP contribution in [0.5, 0.6) is 0 Å². The summed E-state index contributed by atoms with van der Waals surface area (Å²) in [6.45, 7) is 4.78. The molecule has 2 aromatic rings. The number of carbonyl (C=O) groups is 1. The van der Waals surface area contributed by atoms with Crippen molar-refractivity contribution in [3.8, 4) is 0 Å². The first-order valence-electron chi connectivity index (χ1n) is 10.6. The van der Waals surface area contributed by atoms with Gasteiger partial charge in [-0.25, -0.2) is 4.98 Å². The molecule has 3 rings (SSSR count). The zero-order chi connectivity index (χ0) is 22.4. The molecule has 1 amide bonds. The molecule has 1 saturated heterocycles. The molecule has 2 N–H and O–H groups in total. The zero-order valence-corrected chi connectivity index (χ0v) is 19.5. The number of hydrogen-bond acceptors (Lipinski definition) is 7. The van der Waals surface area contributed by atoms with Gasteiger partial charge in [0.15, 0.2) is 0 Å². The van der Waals surface area contributed by atoms with E-state index in [0.717, 1.165) is 24.8 Å². The number of nitrogens with one attached hydrogen (secondary N) is 1. The van der Waals surface area contributed by atoms with Crippen LogP contribution in [0, 0.1) is 6.92 Å². The van der Waals surface area contributed by atoms with Gasteiger partial charge in [-0.3, -0.25) is 18.9 Å². The largest absolute Gasteiger partial charge is 0.395 e. The van der Waals surface area contributed by atoms with Crippen molar-refractivity contribution in [1.29, 1.82) is 0 Å². The fraction of sp³-hybridized carbons (Fsp3) is 0.455. The third-order valence-corrected chi connectivity index (χ3v) is 6.50. The van der Waals surface area contributed by atoms with Crippen molar-refractivity contribution >= 4 is 51.7 Å². The van der Waals surface area contributed by atoms with Crippen LogP contribution < -0.4 is 10.9 Å². The van der Waals surface area contributed by atoms with Gasteiger partial charge in [-0.05, 0) is 31.1 Å². The van der Waals surface area contributed by atoms with Crippen LogP contribution in [0.2, 0.25) is 0 Å². The minimum atomic E-state index is -0.279. The van der Waals surface area contributed by atoms with Crippen LogP contribution >= 0.6 is 24.0 Å². The molecule has 0 unspecified atom stereocenters. The number of thiocarbonyl (C=S) groups is 1. The molecular weight excluding hydrogens is 432 g/mol. The van der Waals surface area contributed by atoms with Crippen molar-refractivity contribution in [1.82, 2.24) is 14.3 Å². The molecule has 166 valence electrons. The number of aryl methyl sites for hydroxylation is 1. The van der Waals surface area contributed by atoms with Crippen molar-refractivity contribution < 1.29 is 9.90 Å². The van der Waals surface area contributed by atoms with E-state index in [1.54, 1.807) is 23.2 Å². The van der Waals surface area contributed by atoms with E-state index in [-0.39, 0.29) is 30.2 Å². The summed E-state index contributed by atoms with van der Waals surface area (Å²) in [5.74, 6) is 0.172. The van der Waals surface area contributed by atoms with Crippen LogP contribution in [-0.2, 0) is 4.79 Å². The number of hydrogen-bond donors (Lipinski definition) is 2. The van der Waals surface area contributed by atoms with Crippen LogP contribution in [0.25, 0.3) is 11.7 Å². The summed E-state index contributed by atoms with van der Waals surface area (Å²) < 4.78 is 1.99. The summed E-state index contributed by atoms with van der Waals surface area (Å²) in [4.78, 5) is 32.8. The van der Waals surface area contributed by atoms with E-state index in [9.17, 15) is 14.7 Å². The summed E-state index contributed by atoms with van der Waals surface area (Å²) in [5.41, 5.74) is 1.39. The molecule has 31 heavy (non-hydrogen) atoms. The minimum absolute atomic E-state index is 0.103. The predicted octanol–water partition coefficient (Wildman–Crippen LogP) is 3.58. The maximum Gasteiger partial charge on any atom is 0.267 e. The van der Waals surface area contributed by atoms with E-state index in [1.165, 1.54) is 29.0 Å². The Bertz CT molecular complexity index is 1060. The van der Waals surface area contributed by atoms with Gasteiger partial charge in [-0.15, -0.1) is 0 Å². The first kappa shape index (κ1) is 23.4. The Labute approximate surface area is 191 Å². The molecular formula is C22H28N4O3S2. The van der Waals surface area contributed by atoms with E-state index in [0.29, 0.717) is 27.2 Å². The minimum Gasteiger partial charge on any atom is -0.395 e. The first-order chi connectivity index (χ1) is 15.0. The molecule has 0 saturated carbocycles. The van der Waals surface area contributed by atoms with Gasteiger partial charge in [0.1, 0.15) is 15.8 Å². The van der Waals surface area contributed by atoms with Gasteiger partial charge in [0.25, 0.3) is 11.5 Å². The Morgan fingerprint density at radius 2 is 2.03 bits per heavy atom. The van der Waals surface area contributed by atoms with Gasteiger partial charge in [0.05, 0.1) is 17.1 Å². The van der Waals surface area contributed by atoms with Crippen LogP contribution in [0.1, 0.15) is 50.2 Å². The topological polar surface area (TPSA) is 86.9 Å². The molecule has 3 heterocycles. The third kappa shape index (κ3) is 5.34. The average Bonchev–Trinajstić information content (AvgIpc) is 3.02. The lowest BCUT2D eigenvalue weighted by atomic mass is 10.1. The zero-order valence-electron chi connectivity index (χ0n) is 17.9. The lowest BCUT2D eigenvalue weighted by molar-refractivity contribution is -0.122. The molecule has 1 aliphatic heterocycles. The monoisotopic (exact) mass is 460 g/mol. The van der Waals surface area contributed by atoms with Crippen LogP contribution in [-0.4, -0.2) is 49.3 Å². The average molecular weight is 461 g/mol. The molecule has 9 heteroatoms. The van der Waals surface area contributed by atoms with E-state index in [1.807, 2.05) is 13.0 Å². The van der Waals surface area contributed by atoms with Gasteiger partial charge in [-0.1, -0.05) is 62.7 Å². The summed E-state index contributed by atoms with van der Waals surface area (Å²) >= 11 is 6.63. The Morgan fingerprint density at radius 1 is 1.26 bits per heavy atom. The fourth-order valence-corrected chi connectivity index (χ4v) is 4.74. The Hall–Kier alpha value is -2.23.